The van der Waals surface area contributed by atoms with Crippen molar-refractivity contribution in [2.45, 2.75) is 51.7 Å². The summed E-state index contributed by atoms with van der Waals surface area (Å²) in [4.78, 5) is 4.76. The second-order valence-corrected chi connectivity index (χ2v) is 8.82. The van der Waals surface area contributed by atoms with Crippen LogP contribution < -0.4 is 14.8 Å². The van der Waals surface area contributed by atoms with Crippen LogP contribution >= 0.6 is 0 Å². The van der Waals surface area contributed by atoms with Crippen molar-refractivity contribution in [3.63, 3.8) is 0 Å². The molecule has 0 radical (unpaired) electrons. The van der Waals surface area contributed by atoms with Crippen molar-refractivity contribution < 1.29 is 14.6 Å². The molecule has 2 fully saturated rings. The quantitative estimate of drug-likeness (QED) is 0.575. The van der Waals surface area contributed by atoms with Gasteiger partial charge in [0.15, 0.2) is 11.5 Å². The van der Waals surface area contributed by atoms with Gasteiger partial charge in [0.05, 0.1) is 7.11 Å². The predicted molar refractivity (Wildman–Crippen MR) is 121 cm³/mol. The van der Waals surface area contributed by atoms with Gasteiger partial charge in [-0.2, -0.15) is 0 Å². The maximum atomic E-state index is 10.4. The molecule has 0 amide bonds. The molecule has 6 heteroatoms. The molecule has 0 unspecified atom stereocenters. The first-order chi connectivity index (χ1) is 14.7. The summed E-state index contributed by atoms with van der Waals surface area (Å²) >= 11 is 0. The van der Waals surface area contributed by atoms with Crippen molar-refractivity contribution in [2.24, 2.45) is 5.92 Å². The third-order valence-corrected chi connectivity index (χ3v) is 6.53. The Balaban J connectivity index is 1.40. The minimum absolute atomic E-state index is 0.281. The van der Waals surface area contributed by atoms with Crippen molar-refractivity contribution in [3.05, 3.63) is 23.8 Å². The first-order valence-electron chi connectivity index (χ1n) is 11.8. The number of methoxy groups -OCH3 is 1. The number of nitrogens with zero attached hydrogens (tertiary/aromatic N) is 2. The van der Waals surface area contributed by atoms with Crippen LogP contribution in [0.15, 0.2) is 18.2 Å². The molecule has 6 nitrogen and oxygen atoms in total. The maximum absolute atomic E-state index is 10.4. The highest BCUT2D eigenvalue weighted by molar-refractivity contribution is 5.43. The fourth-order valence-corrected chi connectivity index (χ4v) is 4.58. The SMILES string of the molecule is CCN1CCN(C[C@@H](O)COc2ccc(CNCC3CCCCC3)cc2OC)CC1. The Morgan fingerprint density at radius 3 is 2.50 bits per heavy atom. The summed E-state index contributed by atoms with van der Waals surface area (Å²) in [6, 6.07) is 6.09. The molecule has 1 atom stereocenters. The fourth-order valence-electron chi connectivity index (χ4n) is 4.58. The van der Waals surface area contributed by atoms with E-state index >= 15 is 0 Å². The Morgan fingerprint density at radius 1 is 1.07 bits per heavy atom. The van der Waals surface area contributed by atoms with Gasteiger partial charge in [0.2, 0.25) is 0 Å². The number of hydrogen-bond donors (Lipinski definition) is 2. The van der Waals surface area contributed by atoms with Gasteiger partial charge in [-0.3, -0.25) is 4.90 Å². The van der Waals surface area contributed by atoms with Gasteiger partial charge in [-0.05, 0) is 49.5 Å². The number of aliphatic hydroxyl groups excluding tert-OH is 1. The van der Waals surface area contributed by atoms with Gasteiger partial charge in [-0.25, -0.2) is 0 Å². The summed E-state index contributed by atoms with van der Waals surface area (Å²) in [6.07, 6.45) is 6.39. The molecule has 2 N–H and O–H groups in total. The highest BCUT2D eigenvalue weighted by Crippen LogP contribution is 2.28. The van der Waals surface area contributed by atoms with Crippen molar-refractivity contribution in [2.75, 3.05) is 59.5 Å². The Bertz CT molecular complexity index is 614. The fraction of sp³-hybridized carbons (Fsp3) is 0.750. The molecule has 0 aromatic heterocycles. The van der Waals surface area contributed by atoms with E-state index in [1.807, 2.05) is 12.1 Å². The van der Waals surface area contributed by atoms with Gasteiger partial charge in [-0.1, -0.05) is 32.3 Å². The van der Waals surface area contributed by atoms with Crippen LogP contribution in [0.1, 0.15) is 44.6 Å². The van der Waals surface area contributed by atoms with Crippen molar-refractivity contribution in [1.82, 2.24) is 15.1 Å². The molecule has 1 aromatic carbocycles. The minimum atomic E-state index is -0.500. The molecule has 0 bridgehead atoms. The van der Waals surface area contributed by atoms with E-state index in [0.717, 1.165) is 57.5 Å². The van der Waals surface area contributed by atoms with Gasteiger partial charge in [0, 0.05) is 39.3 Å². The van der Waals surface area contributed by atoms with Crippen LogP contribution in [0.3, 0.4) is 0 Å². The number of aliphatic hydroxyl groups is 1. The molecular formula is C24H41N3O3. The van der Waals surface area contributed by atoms with Crippen molar-refractivity contribution >= 4 is 0 Å². The molecule has 2 aliphatic rings. The molecule has 1 heterocycles. The average molecular weight is 420 g/mol. The number of rotatable bonds is 11. The average Bonchev–Trinajstić information content (AvgIpc) is 2.79. The third kappa shape index (κ3) is 7.41. The number of ether oxygens (including phenoxy) is 2. The Kier molecular flexibility index (Phi) is 9.72. The topological polar surface area (TPSA) is 57.2 Å². The van der Waals surface area contributed by atoms with Crippen LogP contribution in [0, 0.1) is 5.92 Å². The zero-order chi connectivity index (χ0) is 21.2. The zero-order valence-corrected chi connectivity index (χ0v) is 18.9. The monoisotopic (exact) mass is 419 g/mol. The van der Waals surface area contributed by atoms with Gasteiger partial charge in [0.25, 0.3) is 0 Å². The Labute approximate surface area is 182 Å². The molecule has 170 valence electrons. The van der Waals surface area contributed by atoms with E-state index in [4.69, 9.17) is 9.47 Å². The molecule has 1 aliphatic carbocycles. The van der Waals surface area contributed by atoms with Gasteiger partial charge >= 0.3 is 0 Å². The maximum Gasteiger partial charge on any atom is 0.161 e. The van der Waals surface area contributed by atoms with Crippen LogP contribution in [0.2, 0.25) is 0 Å². The molecule has 30 heavy (non-hydrogen) atoms. The van der Waals surface area contributed by atoms with E-state index in [1.54, 1.807) is 7.11 Å². The summed E-state index contributed by atoms with van der Waals surface area (Å²) in [5.41, 5.74) is 1.20. The summed E-state index contributed by atoms with van der Waals surface area (Å²) in [7, 11) is 1.67. The lowest BCUT2D eigenvalue weighted by Gasteiger charge is -2.34. The van der Waals surface area contributed by atoms with E-state index in [2.05, 4.69) is 28.1 Å². The van der Waals surface area contributed by atoms with E-state index < -0.39 is 6.10 Å². The summed E-state index contributed by atoms with van der Waals surface area (Å²) in [6.45, 7) is 10.4. The lowest BCUT2D eigenvalue weighted by atomic mass is 9.89. The van der Waals surface area contributed by atoms with Crippen LogP contribution in [0.25, 0.3) is 0 Å². The van der Waals surface area contributed by atoms with E-state index in [-0.39, 0.29) is 6.61 Å². The zero-order valence-electron chi connectivity index (χ0n) is 18.9. The molecule has 0 spiro atoms. The number of hydrogen-bond acceptors (Lipinski definition) is 6. The predicted octanol–water partition coefficient (Wildman–Crippen LogP) is 2.74. The van der Waals surface area contributed by atoms with E-state index in [9.17, 15) is 5.11 Å². The Hall–Kier alpha value is -1.34. The van der Waals surface area contributed by atoms with Crippen molar-refractivity contribution in [3.8, 4) is 11.5 Å². The third-order valence-electron chi connectivity index (χ3n) is 6.53. The van der Waals surface area contributed by atoms with Crippen molar-refractivity contribution in [1.29, 1.82) is 0 Å². The second kappa shape index (κ2) is 12.5. The molecule has 1 aliphatic heterocycles. The first-order valence-corrected chi connectivity index (χ1v) is 11.8. The molecule has 1 saturated carbocycles. The van der Waals surface area contributed by atoms with Gasteiger partial charge < -0.3 is 24.8 Å². The Morgan fingerprint density at radius 2 is 1.80 bits per heavy atom. The lowest BCUT2D eigenvalue weighted by molar-refractivity contribution is 0.0464. The van der Waals surface area contributed by atoms with Crippen LogP contribution in [0.5, 0.6) is 11.5 Å². The summed E-state index contributed by atoms with van der Waals surface area (Å²) in [5.74, 6) is 2.26. The number of β-amino-alcohol motifs (C(OH)–C–C–N with tert-alkyl or cyclic N) is 1. The number of benzene rings is 1. The lowest BCUT2D eigenvalue weighted by Crippen LogP contribution is -2.49. The number of likely N-dealkylation sites (N-methyl/N-ethyl adjacent to an activating group) is 1. The standard InChI is InChI=1S/C24H41N3O3/c1-3-26-11-13-27(14-12-26)18-22(28)19-30-23-10-9-21(15-24(23)29-2)17-25-16-20-7-5-4-6-8-20/h9-10,15,20,22,25,28H,3-8,11-14,16-19H2,1-2H3/t22-/m1/s1. The number of piperazine rings is 1. The van der Waals surface area contributed by atoms with E-state index in [0.29, 0.717) is 12.3 Å². The molecule has 1 saturated heterocycles. The minimum Gasteiger partial charge on any atom is -0.493 e. The summed E-state index contributed by atoms with van der Waals surface area (Å²) in [5, 5.41) is 14.0. The van der Waals surface area contributed by atoms with Crippen LogP contribution in [0.4, 0.5) is 0 Å². The normalized spacial score (nSPS) is 20.2. The first kappa shape index (κ1) is 23.3. The highest BCUT2D eigenvalue weighted by Gasteiger charge is 2.19. The molecular weight excluding hydrogens is 378 g/mol. The highest BCUT2D eigenvalue weighted by atomic mass is 16.5. The second-order valence-electron chi connectivity index (χ2n) is 8.82. The summed E-state index contributed by atoms with van der Waals surface area (Å²) < 4.78 is 11.4. The number of nitrogens with one attached hydrogen (secondary N) is 1. The van der Waals surface area contributed by atoms with Crippen LogP contribution in [-0.4, -0.2) is 80.5 Å². The van der Waals surface area contributed by atoms with E-state index in [1.165, 1.54) is 37.7 Å². The largest absolute Gasteiger partial charge is 0.493 e. The smallest absolute Gasteiger partial charge is 0.161 e. The van der Waals surface area contributed by atoms with Gasteiger partial charge in [0.1, 0.15) is 12.7 Å². The van der Waals surface area contributed by atoms with Gasteiger partial charge in [-0.15, -0.1) is 0 Å². The van der Waals surface area contributed by atoms with Crippen LogP contribution in [-0.2, 0) is 6.54 Å². The molecule has 3 rings (SSSR count). The molecule has 1 aromatic rings.